The van der Waals surface area contributed by atoms with Crippen LogP contribution in [0.3, 0.4) is 0 Å². The average Bonchev–Trinajstić information content (AvgIpc) is 3.02. The Hall–Kier alpha value is 1.30. The van der Waals surface area contributed by atoms with E-state index >= 15 is 0 Å². The molecule has 0 amide bonds. The van der Waals surface area contributed by atoms with Gasteiger partial charge in [-0.15, -0.1) is 0 Å². The van der Waals surface area contributed by atoms with Crippen LogP contribution >= 0.6 is 30.3 Å². The maximum absolute atomic E-state index is 4.98. The molecular weight excluding hydrogens is 428 g/mol. The first-order valence-electron chi connectivity index (χ1n) is 4.19. The van der Waals surface area contributed by atoms with Gasteiger partial charge in [-0.25, -0.2) is 0 Å². The van der Waals surface area contributed by atoms with Crippen molar-refractivity contribution in [2.45, 2.75) is 0 Å². The molecule has 15 heavy (non-hydrogen) atoms. The minimum absolute atomic E-state index is 1.19. The molecule has 0 bridgehead atoms. The molecule has 3 rings (SSSR count). The van der Waals surface area contributed by atoms with E-state index in [9.17, 15) is 0 Å². The van der Waals surface area contributed by atoms with E-state index in [0.29, 0.717) is 0 Å². The Bertz CT molecular complexity index is 491. The van der Waals surface area contributed by atoms with Gasteiger partial charge in [0.1, 0.15) is 0 Å². The molecule has 0 fully saturated rings. The van der Waals surface area contributed by atoms with Crippen LogP contribution in [0.5, 0.6) is 0 Å². The van der Waals surface area contributed by atoms with Crippen molar-refractivity contribution in [1.29, 1.82) is 0 Å². The Morgan fingerprint density at radius 3 is 2.53 bits per heavy atom. The van der Waals surface area contributed by atoms with Crippen molar-refractivity contribution in [3.05, 3.63) is 33.2 Å². The molecule has 0 aromatic carbocycles. The first kappa shape index (κ1) is 11.4. The second-order valence-electron chi connectivity index (χ2n) is 2.71. The molecule has 9 heteroatoms. The van der Waals surface area contributed by atoms with E-state index in [1.165, 1.54) is 4.53 Å². The summed E-state index contributed by atoms with van der Waals surface area (Å²) in [5, 5.41) is 6.58. The van der Waals surface area contributed by atoms with Crippen molar-refractivity contribution >= 4 is 65.4 Å². The van der Waals surface area contributed by atoms with Crippen LogP contribution in [0.25, 0.3) is 0 Å². The van der Waals surface area contributed by atoms with E-state index in [2.05, 4.69) is 24.0 Å². The van der Waals surface area contributed by atoms with Gasteiger partial charge in [-0.1, -0.05) is 0 Å². The van der Waals surface area contributed by atoms with E-state index in [1.807, 2.05) is 42.7 Å². The molecule has 3 nitrogen and oxygen atoms in total. The quantitative estimate of drug-likeness (QED) is 0.629. The fraction of sp³-hybridized carbons (Fsp3) is 0. The summed E-state index contributed by atoms with van der Waals surface area (Å²) < 4.78 is 15.5. The molecule has 0 N–H and O–H groups in total. The SMILES string of the molecule is C1=C[S][Ge]([C]2=C[S][Ge]([Ge]3=[N]C=C[S]3)=[N]2)=[N]1. The maximum atomic E-state index is 4.98. The normalized spacial score (nSPS) is 22.9. The Morgan fingerprint density at radius 1 is 0.933 bits per heavy atom. The zero-order valence-corrected chi connectivity index (χ0v) is 16.2. The van der Waals surface area contributed by atoms with Crippen molar-refractivity contribution < 1.29 is 0 Å². The van der Waals surface area contributed by atoms with Crippen LogP contribution in [-0.2, 0) is 0 Å². The van der Waals surface area contributed by atoms with E-state index in [0.717, 1.165) is 0 Å². The van der Waals surface area contributed by atoms with Gasteiger partial charge in [0.05, 0.1) is 0 Å². The van der Waals surface area contributed by atoms with Gasteiger partial charge < -0.3 is 0 Å². The predicted molar refractivity (Wildman–Crippen MR) is 73.7 cm³/mol. The first-order chi connectivity index (χ1) is 7.43. The third-order valence-electron chi connectivity index (χ3n) is 1.77. The van der Waals surface area contributed by atoms with Crippen molar-refractivity contribution in [2.75, 3.05) is 0 Å². The van der Waals surface area contributed by atoms with Crippen LogP contribution in [0.4, 0.5) is 0 Å². The van der Waals surface area contributed by atoms with Crippen molar-refractivity contribution in [1.82, 2.24) is 0 Å². The van der Waals surface area contributed by atoms with Gasteiger partial charge in [-0.2, -0.15) is 0 Å². The molecule has 0 spiro atoms. The van der Waals surface area contributed by atoms with Crippen LogP contribution in [0, 0.1) is 0 Å². The molecule has 0 unspecified atom stereocenters. The van der Waals surface area contributed by atoms with Crippen molar-refractivity contribution in [3.63, 3.8) is 0 Å². The average molecular weight is 433 g/mol. The zero-order chi connectivity index (χ0) is 10.1. The third-order valence-corrected chi connectivity index (χ3v) is 47.1. The molecule has 0 radical (unpaired) electrons. The molecule has 74 valence electrons. The third kappa shape index (κ3) is 2.59. The van der Waals surface area contributed by atoms with E-state index < -0.39 is 35.1 Å². The molecular formula is C6H5Ge3N3S3. The van der Waals surface area contributed by atoms with Crippen LogP contribution in [0.2, 0.25) is 0 Å². The van der Waals surface area contributed by atoms with Gasteiger partial charge in [0.25, 0.3) is 0 Å². The fourth-order valence-electron chi connectivity index (χ4n) is 1.15. The molecule has 0 aliphatic carbocycles. The summed E-state index contributed by atoms with van der Waals surface area (Å²) in [4.78, 5) is 0. The second kappa shape index (κ2) is 5.30. The first-order valence-corrected chi connectivity index (χ1v) is 24.9. The van der Waals surface area contributed by atoms with Crippen LogP contribution in [-0.4, -0.2) is 35.1 Å². The summed E-state index contributed by atoms with van der Waals surface area (Å²) in [6, 6.07) is 0. The van der Waals surface area contributed by atoms with Gasteiger partial charge in [0.15, 0.2) is 0 Å². The zero-order valence-electron chi connectivity index (χ0n) is 7.45. The van der Waals surface area contributed by atoms with E-state index in [1.54, 1.807) is 0 Å². The topological polar surface area (TPSA) is 37.1 Å². The summed E-state index contributed by atoms with van der Waals surface area (Å²) in [6.07, 6.45) is 3.94. The molecule has 3 heterocycles. The number of rotatable bonds is 2. The van der Waals surface area contributed by atoms with Gasteiger partial charge in [-0.05, 0) is 0 Å². The Labute approximate surface area is 109 Å². The molecule has 0 aromatic rings. The van der Waals surface area contributed by atoms with Gasteiger partial charge in [0, 0.05) is 0 Å². The van der Waals surface area contributed by atoms with Gasteiger partial charge in [-0.3, -0.25) is 0 Å². The molecule has 3 aliphatic rings. The van der Waals surface area contributed by atoms with Crippen molar-refractivity contribution in [2.24, 2.45) is 11.7 Å². The standard InChI is InChI=1S/C6H5Ge3N3S3/c1-3-13-7(10-1)6-5-15-9(12-6)8-11-2-4-14-8/h1-5H. The molecule has 3 aliphatic heterocycles. The monoisotopic (exact) mass is 437 g/mol. The Kier molecular flexibility index (Phi) is 4.02. The minimum atomic E-state index is -1.39. The summed E-state index contributed by atoms with van der Waals surface area (Å²) in [5.74, 6) is 0. The molecule has 0 aromatic heterocycles. The Balaban J connectivity index is 1.79. The van der Waals surface area contributed by atoms with Crippen LogP contribution < -0.4 is 0 Å². The van der Waals surface area contributed by atoms with Crippen LogP contribution in [0.15, 0.2) is 44.9 Å². The van der Waals surface area contributed by atoms with E-state index in [-0.39, 0.29) is 0 Å². The summed E-state index contributed by atoms with van der Waals surface area (Å²) in [7, 11) is 5.95. The summed E-state index contributed by atoms with van der Waals surface area (Å²) in [6.45, 7) is 0. The van der Waals surface area contributed by atoms with Gasteiger partial charge >= 0.3 is 110 Å². The fourth-order valence-corrected chi connectivity index (χ4v) is 49.4. The second-order valence-corrected chi connectivity index (χ2v) is 39.4. The number of nitrogens with zero attached hydrogens (tertiary/aromatic N) is 3. The van der Waals surface area contributed by atoms with E-state index in [4.69, 9.17) is 3.90 Å². The summed E-state index contributed by atoms with van der Waals surface area (Å²) in [5.41, 5.74) is 0. The Morgan fingerprint density at radius 2 is 1.80 bits per heavy atom. The van der Waals surface area contributed by atoms with Crippen molar-refractivity contribution in [3.8, 4) is 0 Å². The van der Waals surface area contributed by atoms with Gasteiger partial charge in [0.2, 0.25) is 0 Å². The molecule has 0 atom stereocenters. The number of hydrogen-bond acceptors (Lipinski definition) is 6. The molecule has 0 saturated heterocycles. The number of hydrogen-bond donors (Lipinski definition) is 0. The predicted octanol–water partition coefficient (Wildman–Crippen LogP) is 2.90. The van der Waals surface area contributed by atoms with Crippen LogP contribution in [0.1, 0.15) is 0 Å². The molecule has 0 saturated carbocycles. The summed E-state index contributed by atoms with van der Waals surface area (Å²) >= 11 is -3.81.